The normalized spacial score (nSPS) is 12.0. The van der Waals surface area contributed by atoms with Gasteiger partial charge >= 0.3 is 0 Å². The van der Waals surface area contributed by atoms with Crippen molar-refractivity contribution in [3.8, 4) is 5.75 Å². The Hall–Kier alpha value is -1.55. The molecule has 0 saturated carbocycles. The first-order valence-corrected chi connectivity index (χ1v) is 5.64. The third-order valence-corrected chi connectivity index (χ3v) is 2.65. The standard InChI is InChI=1S/C13H19NO3/c1-4-13(16)14(2)9-12(15)10-6-5-7-11(8-10)17-3/h5-8,12,15H,4,9H2,1-3H3. The van der Waals surface area contributed by atoms with Crippen LogP contribution >= 0.6 is 0 Å². The number of benzene rings is 1. The first kappa shape index (κ1) is 13.5. The number of hydrogen-bond donors (Lipinski definition) is 1. The molecule has 0 aliphatic heterocycles. The van der Waals surface area contributed by atoms with Crippen LogP contribution < -0.4 is 4.74 Å². The van der Waals surface area contributed by atoms with Gasteiger partial charge in [0.2, 0.25) is 5.91 Å². The van der Waals surface area contributed by atoms with Gasteiger partial charge in [-0.05, 0) is 17.7 Å². The van der Waals surface area contributed by atoms with Crippen molar-refractivity contribution >= 4 is 5.91 Å². The largest absolute Gasteiger partial charge is 0.497 e. The van der Waals surface area contributed by atoms with Gasteiger partial charge in [0.15, 0.2) is 0 Å². The smallest absolute Gasteiger partial charge is 0.222 e. The van der Waals surface area contributed by atoms with E-state index in [1.54, 1.807) is 27.1 Å². The molecule has 4 heteroatoms. The van der Waals surface area contributed by atoms with E-state index in [9.17, 15) is 9.90 Å². The van der Waals surface area contributed by atoms with Crippen LogP contribution in [0.3, 0.4) is 0 Å². The first-order valence-electron chi connectivity index (χ1n) is 5.64. The number of methoxy groups -OCH3 is 1. The number of aliphatic hydroxyl groups excluding tert-OH is 1. The first-order chi connectivity index (χ1) is 8.08. The second kappa shape index (κ2) is 6.25. The number of amides is 1. The molecule has 1 amide bonds. The second-order valence-corrected chi connectivity index (χ2v) is 3.92. The Morgan fingerprint density at radius 2 is 2.24 bits per heavy atom. The third kappa shape index (κ3) is 3.75. The third-order valence-electron chi connectivity index (χ3n) is 2.65. The van der Waals surface area contributed by atoms with Gasteiger partial charge in [-0.2, -0.15) is 0 Å². The van der Waals surface area contributed by atoms with E-state index >= 15 is 0 Å². The predicted molar refractivity (Wildman–Crippen MR) is 65.9 cm³/mol. The van der Waals surface area contributed by atoms with Crippen molar-refractivity contribution in [1.82, 2.24) is 4.90 Å². The molecular weight excluding hydrogens is 218 g/mol. The maximum Gasteiger partial charge on any atom is 0.222 e. The van der Waals surface area contributed by atoms with Gasteiger partial charge in [0.1, 0.15) is 5.75 Å². The minimum atomic E-state index is -0.689. The van der Waals surface area contributed by atoms with E-state index in [1.165, 1.54) is 4.90 Å². The summed E-state index contributed by atoms with van der Waals surface area (Å²) in [5, 5.41) is 10.0. The Bertz CT molecular complexity index is 379. The van der Waals surface area contributed by atoms with Crippen molar-refractivity contribution in [2.24, 2.45) is 0 Å². The second-order valence-electron chi connectivity index (χ2n) is 3.92. The summed E-state index contributed by atoms with van der Waals surface area (Å²) < 4.78 is 5.09. The summed E-state index contributed by atoms with van der Waals surface area (Å²) in [6, 6.07) is 7.22. The van der Waals surface area contributed by atoms with E-state index < -0.39 is 6.10 Å². The van der Waals surface area contributed by atoms with Crippen LogP contribution in [0.5, 0.6) is 5.75 Å². The summed E-state index contributed by atoms with van der Waals surface area (Å²) in [5.74, 6) is 0.720. The molecule has 17 heavy (non-hydrogen) atoms. The highest BCUT2D eigenvalue weighted by Gasteiger charge is 2.14. The summed E-state index contributed by atoms with van der Waals surface area (Å²) in [5.41, 5.74) is 0.750. The summed E-state index contributed by atoms with van der Waals surface area (Å²) in [4.78, 5) is 12.9. The number of likely N-dealkylation sites (N-methyl/N-ethyl adjacent to an activating group) is 1. The molecule has 0 bridgehead atoms. The molecule has 0 spiro atoms. The van der Waals surface area contributed by atoms with Crippen molar-refractivity contribution in [1.29, 1.82) is 0 Å². The number of hydrogen-bond acceptors (Lipinski definition) is 3. The molecule has 0 radical (unpaired) electrons. The van der Waals surface area contributed by atoms with E-state index in [-0.39, 0.29) is 5.91 Å². The Balaban J connectivity index is 2.68. The Morgan fingerprint density at radius 3 is 2.82 bits per heavy atom. The zero-order valence-corrected chi connectivity index (χ0v) is 10.5. The maximum absolute atomic E-state index is 11.4. The van der Waals surface area contributed by atoms with Crippen molar-refractivity contribution in [3.05, 3.63) is 29.8 Å². The molecule has 0 saturated heterocycles. The quantitative estimate of drug-likeness (QED) is 0.846. The Kier molecular flexibility index (Phi) is 4.97. The molecule has 0 aliphatic carbocycles. The lowest BCUT2D eigenvalue weighted by Crippen LogP contribution is -2.30. The van der Waals surface area contributed by atoms with Crippen LogP contribution in [0, 0.1) is 0 Å². The molecule has 1 rings (SSSR count). The predicted octanol–water partition coefficient (Wildman–Crippen LogP) is 1.60. The molecule has 1 aromatic rings. The fourth-order valence-electron chi connectivity index (χ4n) is 1.59. The monoisotopic (exact) mass is 237 g/mol. The summed E-state index contributed by atoms with van der Waals surface area (Å²) >= 11 is 0. The van der Waals surface area contributed by atoms with Crippen LogP contribution in [-0.2, 0) is 4.79 Å². The van der Waals surface area contributed by atoms with E-state index in [2.05, 4.69) is 0 Å². The topological polar surface area (TPSA) is 49.8 Å². The average Bonchev–Trinajstić information content (AvgIpc) is 2.37. The lowest BCUT2D eigenvalue weighted by atomic mass is 10.1. The summed E-state index contributed by atoms with van der Waals surface area (Å²) in [6.45, 7) is 2.09. The van der Waals surface area contributed by atoms with Gasteiger partial charge in [0.05, 0.1) is 19.8 Å². The SMILES string of the molecule is CCC(=O)N(C)CC(O)c1cccc(OC)c1. The van der Waals surface area contributed by atoms with Gasteiger partial charge in [-0.3, -0.25) is 4.79 Å². The molecule has 1 N–H and O–H groups in total. The molecule has 4 nitrogen and oxygen atoms in total. The van der Waals surface area contributed by atoms with Crippen LogP contribution in [0.2, 0.25) is 0 Å². The van der Waals surface area contributed by atoms with Gasteiger partial charge in [0.25, 0.3) is 0 Å². The van der Waals surface area contributed by atoms with Crippen LogP contribution in [0.1, 0.15) is 25.0 Å². The maximum atomic E-state index is 11.4. The molecule has 1 atom stereocenters. The molecule has 0 heterocycles. The molecule has 94 valence electrons. The van der Waals surface area contributed by atoms with E-state index in [1.807, 2.05) is 18.2 Å². The van der Waals surface area contributed by atoms with Crippen LogP contribution in [0.15, 0.2) is 24.3 Å². The van der Waals surface area contributed by atoms with E-state index in [4.69, 9.17) is 4.74 Å². The van der Waals surface area contributed by atoms with Crippen molar-refractivity contribution < 1.29 is 14.6 Å². The number of rotatable bonds is 5. The number of carbonyl (C=O) groups excluding carboxylic acids is 1. The van der Waals surface area contributed by atoms with Gasteiger partial charge in [0, 0.05) is 13.5 Å². The van der Waals surface area contributed by atoms with Gasteiger partial charge in [-0.1, -0.05) is 19.1 Å². The highest BCUT2D eigenvalue weighted by Crippen LogP contribution is 2.19. The van der Waals surface area contributed by atoms with Crippen molar-refractivity contribution in [2.45, 2.75) is 19.4 Å². The van der Waals surface area contributed by atoms with Gasteiger partial charge in [-0.15, -0.1) is 0 Å². The lowest BCUT2D eigenvalue weighted by molar-refractivity contribution is -0.130. The minimum Gasteiger partial charge on any atom is -0.497 e. The van der Waals surface area contributed by atoms with Crippen molar-refractivity contribution in [3.63, 3.8) is 0 Å². The average molecular weight is 237 g/mol. The lowest BCUT2D eigenvalue weighted by Gasteiger charge is -2.20. The minimum absolute atomic E-state index is 0.0203. The molecular formula is C13H19NO3. The number of aliphatic hydroxyl groups is 1. The fourth-order valence-corrected chi connectivity index (χ4v) is 1.59. The molecule has 1 unspecified atom stereocenters. The van der Waals surface area contributed by atoms with Crippen LogP contribution in [-0.4, -0.2) is 36.6 Å². The van der Waals surface area contributed by atoms with E-state index in [0.29, 0.717) is 18.7 Å². The zero-order chi connectivity index (χ0) is 12.8. The van der Waals surface area contributed by atoms with Gasteiger partial charge < -0.3 is 14.7 Å². The highest BCUT2D eigenvalue weighted by molar-refractivity contribution is 5.75. The summed E-state index contributed by atoms with van der Waals surface area (Å²) in [7, 11) is 3.27. The Labute approximate surface area is 102 Å². The fraction of sp³-hybridized carbons (Fsp3) is 0.462. The molecule has 0 fully saturated rings. The summed E-state index contributed by atoms with van der Waals surface area (Å²) in [6.07, 6.45) is -0.243. The van der Waals surface area contributed by atoms with Crippen LogP contribution in [0.25, 0.3) is 0 Å². The Morgan fingerprint density at radius 1 is 1.53 bits per heavy atom. The highest BCUT2D eigenvalue weighted by atomic mass is 16.5. The zero-order valence-electron chi connectivity index (χ0n) is 10.5. The molecule has 0 aromatic heterocycles. The number of ether oxygens (including phenoxy) is 1. The number of nitrogens with zero attached hydrogens (tertiary/aromatic N) is 1. The van der Waals surface area contributed by atoms with Crippen molar-refractivity contribution in [2.75, 3.05) is 20.7 Å². The molecule has 1 aromatic carbocycles. The van der Waals surface area contributed by atoms with Crippen LogP contribution in [0.4, 0.5) is 0 Å². The molecule has 0 aliphatic rings. The van der Waals surface area contributed by atoms with E-state index in [0.717, 1.165) is 5.56 Å². The number of carbonyl (C=O) groups is 1. The van der Waals surface area contributed by atoms with Gasteiger partial charge in [-0.25, -0.2) is 0 Å².